The van der Waals surface area contributed by atoms with E-state index in [0.29, 0.717) is 22.6 Å². The lowest BCUT2D eigenvalue weighted by Crippen LogP contribution is -2.31. The van der Waals surface area contributed by atoms with Crippen LogP contribution in [-0.2, 0) is 16.0 Å². The lowest BCUT2D eigenvalue weighted by Gasteiger charge is -2.25. The van der Waals surface area contributed by atoms with Crippen molar-refractivity contribution in [3.8, 4) is 5.75 Å². The summed E-state index contributed by atoms with van der Waals surface area (Å²) < 4.78 is 5.35. The molecule has 6 nitrogen and oxygen atoms in total. The highest BCUT2D eigenvalue weighted by Crippen LogP contribution is 2.40. The van der Waals surface area contributed by atoms with E-state index < -0.39 is 17.7 Å². The Kier molecular flexibility index (Phi) is 6.05. The molecule has 5 rings (SSSR count). The number of aliphatic hydroxyl groups is 1. The van der Waals surface area contributed by atoms with Crippen LogP contribution in [0.1, 0.15) is 22.7 Å². The molecule has 0 aliphatic carbocycles. The Labute approximate surface area is 207 Å². The van der Waals surface area contributed by atoms with Gasteiger partial charge in [-0.3, -0.25) is 9.59 Å². The number of nitrogens with one attached hydrogen (secondary N) is 1. The molecule has 0 radical (unpaired) electrons. The van der Waals surface area contributed by atoms with Crippen molar-refractivity contribution in [3.63, 3.8) is 0 Å². The quantitative estimate of drug-likeness (QED) is 0.214. The van der Waals surface area contributed by atoms with Crippen LogP contribution in [0.2, 0.25) is 5.02 Å². The predicted octanol–water partition coefficient (Wildman–Crippen LogP) is 5.49. The van der Waals surface area contributed by atoms with E-state index in [4.69, 9.17) is 16.3 Å². The Morgan fingerprint density at radius 1 is 1.06 bits per heavy atom. The van der Waals surface area contributed by atoms with Crippen molar-refractivity contribution in [1.29, 1.82) is 0 Å². The maximum Gasteiger partial charge on any atom is 0.295 e. The van der Waals surface area contributed by atoms with Crippen LogP contribution in [0, 0.1) is 0 Å². The number of likely N-dealkylation sites (tertiary alicyclic amines) is 1. The van der Waals surface area contributed by atoms with E-state index in [1.165, 1.54) is 4.90 Å². The van der Waals surface area contributed by atoms with Gasteiger partial charge in [-0.15, -0.1) is 0 Å². The number of carbonyl (C=O) groups is 2. The number of H-pyrrole nitrogens is 1. The van der Waals surface area contributed by atoms with E-state index in [1.807, 2.05) is 30.5 Å². The van der Waals surface area contributed by atoms with Gasteiger partial charge in [0.1, 0.15) is 11.5 Å². The zero-order chi connectivity index (χ0) is 24.5. The Morgan fingerprint density at radius 2 is 1.80 bits per heavy atom. The van der Waals surface area contributed by atoms with Crippen LogP contribution in [0.15, 0.2) is 84.6 Å². The van der Waals surface area contributed by atoms with Crippen LogP contribution in [-0.4, -0.2) is 40.3 Å². The van der Waals surface area contributed by atoms with Crippen LogP contribution in [0.5, 0.6) is 5.75 Å². The molecule has 4 aromatic rings. The highest BCUT2D eigenvalue weighted by Gasteiger charge is 2.45. The molecule has 1 atom stereocenters. The fraction of sp³-hybridized carbons (Fsp3) is 0.143. The third-order valence-corrected chi connectivity index (χ3v) is 6.62. The van der Waals surface area contributed by atoms with Crippen molar-refractivity contribution in [2.75, 3.05) is 13.7 Å². The van der Waals surface area contributed by atoms with Crippen LogP contribution in [0.4, 0.5) is 0 Å². The number of halogens is 1. The van der Waals surface area contributed by atoms with Gasteiger partial charge in [-0.25, -0.2) is 0 Å². The minimum absolute atomic E-state index is 0.0733. The Bertz CT molecular complexity index is 1440. The molecular formula is C28H23ClN2O4. The number of aromatic amines is 1. The summed E-state index contributed by atoms with van der Waals surface area (Å²) in [7, 11) is 1.62. The van der Waals surface area contributed by atoms with E-state index >= 15 is 0 Å². The summed E-state index contributed by atoms with van der Waals surface area (Å²) >= 11 is 6.09. The van der Waals surface area contributed by atoms with Gasteiger partial charge in [-0.1, -0.05) is 54.1 Å². The van der Waals surface area contributed by atoms with E-state index in [2.05, 4.69) is 4.98 Å². The van der Waals surface area contributed by atoms with Crippen LogP contribution >= 0.6 is 11.6 Å². The predicted molar refractivity (Wildman–Crippen MR) is 135 cm³/mol. The molecule has 7 heteroatoms. The van der Waals surface area contributed by atoms with Crippen molar-refractivity contribution < 1.29 is 19.4 Å². The molecule has 1 fully saturated rings. The number of amides is 1. The largest absolute Gasteiger partial charge is 0.507 e. The number of Topliss-reactive ketones (excluding diaryl/α,β-unsaturated/α-hetero) is 1. The number of benzene rings is 3. The van der Waals surface area contributed by atoms with E-state index in [9.17, 15) is 14.7 Å². The zero-order valence-electron chi connectivity index (χ0n) is 19.0. The van der Waals surface area contributed by atoms with Gasteiger partial charge < -0.3 is 19.7 Å². The first kappa shape index (κ1) is 22.7. The Hall–Kier alpha value is -4.03. The van der Waals surface area contributed by atoms with Crippen molar-refractivity contribution in [1.82, 2.24) is 9.88 Å². The molecule has 35 heavy (non-hydrogen) atoms. The van der Waals surface area contributed by atoms with Gasteiger partial charge >= 0.3 is 0 Å². The number of aromatic nitrogens is 1. The van der Waals surface area contributed by atoms with Crippen molar-refractivity contribution in [2.45, 2.75) is 12.5 Å². The molecule has 1 saturated heterocycles. The number of ether oxygens (including phenoxy) is 1. The third-order valence-electron chi connectivity index (χ3n) is 6.37. The number of nitrogens with zero attached hydrogens (tertiary/aromatic N) is 1. The zero-order valence-corrected chi connectivity index (χ0v) is 19.8. The molecule has 2 N–H and O–H groups in total. The van der Waals surface area contributed by atoms with Gasteiger partial charge in [0.05, 0.1) is 18.7 Å². The second-order valence-electron chi connectivity index (χ2n) is 8.39. The summed E-state index contributed by atoms with van der Waals surface area (Å²) in [5.41, 5.74) is 3.21. The summed E-state index contributed by atoms with van der Waals surface area (Å²) in [5.74, 6) is -0.794. The highest BCUT2D eigenvalue weighted by molar-refractivity contribution is 6.46. The van der Waals surface area contributed by atoms with Gasteiger partial charge in [0.15, 0.2) is 0 Å². The average Bonchev–Trinajstić information content (AvgIpc) is 3.41. The summed E-state index contributed by atoms with van der Waals surface area (Å²) in [5, 5.41) is 12.6. The summed E-state index contributed by atoms with van der Waals surface area (Å²) in [4.78, 5) is 31.2. The number of fused-ring (bicyclic) bond motifs is 1. The maximum absolute atomic E-state index is 13.2. The van der Waals surface area contributed by atoms with Gasteiger partial charge in [0.25, 0.3) is 11.7 Å². The lowest BCUT2D eigenvalue weighted by atomic mass is 9.95. The minimum Gasteiger partial charge on any atom is -0.507 e. The summed E-state index contributed by atoms with van der Waals surface area (Å²) in [6, 6.07) is 20.8. The molecule has 1 amide bonds. The van der Waals surface area contributed by atoms with E-state index in [1.54, 1.807) is 55.6 Å². The third kappa shape index (κ3) is 4.17. The number of methoxy groups -OCH3 is 1. The molecule has 0 saturated carbocycles. The van der Waals surface area contributed by atoms with Crippen LogP contribution < -0.4 is 4.74 Å². The molecule has 3 aromatic carbocycles. The van der Waals surface area contributed by atoms with Gasteiger partial charge in [-0.05, 0) is 47.9 Å². The van der Waals surface area contributed by atoms with Crippen molar-refractivity contribution in [2.24, 2.45) is 0 Å². The Balaban J connectivity index is 1.55. The number of hydrogen-bond donors (Lipinski definition) is 2. The first-order chi connectivity index (χ1) is 17.0. The molecule has 1 aromatic heterocycles. The van der Waals surface area contributed by atoms with Gasteiger partial charge in [0.2, 0.25) is 0 Å². The van der Waals surface area contributed by atoms with E-state index in [0.717, 1.165) is 22.2 Å². The molecule has 0 unspecified atom stereocenters. The number of carbonyl (C=O) groups excluding carboxylic acids is 2. The molecule has 0 bridgehead atoms. The second-order valence-corrected chi connectivity index (χ2v) is 8.82. The summed E-state index contributed by atoms with van der Waals surface area (Å²) in [6.45, 7) is 0.285. The molecule has 2 heterocycles. The highest BCUT2D eigenvalue weighted by atomic mass is 35.5. The summed E-state index contributed by atoms with van der Waals surface area (Å²) in [6.07, 6.45) is 2.41. The van der Waals surface area contributed by atoms with E-state index in [-0.39, 0.29) is 17.9 Å². The van der Waals surface area contributed by atoms with Crippen molar-refractivity contribution >= 4 is 40.0 Å². The average molecular weight is 487 g/mol. The second kappa shape index (κ2) is 9.31. The smallest absolute Gasteiger partial charge is 0.295 e. The fourth-order valence-corrected chi connectivity index (χ4v) is 4.71. The van der Waals surface area contributed by atoms with Crippen LogP contribution in [0.3, 0.4) is 0 Å². The lowest BCUT2D eigenvalue weighted by molar-refractivity contribution is -0.139. The number of hydrogen-bond acceptors (Lipinski definition) is 4. The first-order valence-electron chi connectivity index (χ1n) is 11.2. The monoisotopic (exact) mass is 486 g/mol. The molecule has 1 aliphatic rings. The molecule has 0 spiro atoms. The van der Waals surface area contributed by atoms with Gasteiger partial charge in [0, 0.05) is 34.2 Å². The maximum atomic E-state index is 13.2. The standard InChI is InChI=1S/C28H23ClN2O4/c1-35-21-11-12-23-22(15-21)19(16-30-23)13-14-31-25(17-7-9-20(29)10-8-17)24(27(33)28(31)34)26(32)18-5-3-2-4-6-18/h2-12,15-16,25,30,32H,13-14H2,1H3/t25-/m0/s1. The SMILES string of the molecule is COc1ccc2[nH]cc(CCN3C(=O)C(=O)C(=C(O)c4ccccc4)[C@@H]3c3ccc(Cl)cc3)c2c1. The number of ketones is 1. The first-order valence-corrected chi connectivity index (χ1v) is 11.6. The van der Waals surface area contributed by atoms with Gasteiger partial charge in [-0.2, -0.15) is 0 Å². The van der Waals surface area contributed by atoms with Crippen molar-refractivity contribution in [3.05, 3.63) is 106 Å². The Morgan fingerprint density at radius 3 is 2.51 bits per heavy atom. The number of rotatable bonds is 6. The fourth-order valence-electron chi connectivity index (χ4n) is 4.59. The topological polar surface area (TPSA) is 82.6 Å². The van der Waals surface area contributed by atoms with Crippen LogP contribution in [0.25, 0.3) is 16.7 Å². The number of aliphatic hydroxyl groups excluding tert-OH is 1. The minimum atomic E-state index is -0.729. The normalized spacial score (nSPS) is 17.3. The molecule has 1 aliphatic heterocycles. The molecule has 176 valence electrons. The molecular weight excluding hydrogens is 464 g/mol.